The van der Waals surface area contributed by atoms with Crippen LogP contribution in [0.15, 0.2) is 47.3 Å². The number of hydrogen-bond donors (Lipinski definition) is 1. The molecule has 4 rings (SSSR count). The molecule has 2 aromatic carbocycles. The van der Waals surface area contributed by atoms with E-state index in [1.54, 1.807) is 18.2 Å². The second-order valence-corrected chi connectivity index (χ2v) is 7.55. The van der Waals surface area contributed by atoms with Crippen molar-refractivity contribution in [3.05, 3.63) is 69.2 Å². The van der Waals surface area contributed by atoms with Crippen LogP contribution in [0.1, 0.15) is 30.7 Å². The fraction of sp³-hybridized carbons (Fsp3) is 0.238. The molecule has 0 aliphatic carbocycles. The zero-order valence-corrected chi connectivity index (χ0v) is 16.2. The number of aromatic nitrogens is 2. The van der Waals surface area contributed by atoms with Gasteiger partial charge in [0.15, 0.2) is 5.82 Å². The number of hydrogen-bond acceptors (Lipinski definition) is 3. The van der Waals surface area contributed by atoms with Crippen LogP contribution in [0.4, 0.5) is 5.69 Å². The predicted molar refractivity (Wildman–Crippen MR) is 114 cm³/mol. The number of aromatic amines is 1. The minimum absolute atomic E-state index is 0.260. The Kier molecular flexibility index (Phi) is 5.19. The molecule has 1 N–H and O–H groups in total. The lowest BCUT2D eigenvalue weighted by atomic mass is 10.1. The van der Waals surface area contributed by atoms with Gasteiger partial charge in [-0.2, -0.15) is 0 Å². The number of rotatable bonds is 3. The molecule has 0 spiro atoms. The van der Waals surface area contributed by atoms with E-state index in [-0.39, 0.29) is 5.56 Å². The summed E-state index contributed by atoms with van der Waals surface area (Å²) in [7, 11) is 0. The third-order valence-electron chi connectivity index (χ3n) is 4.80. The Labute approximate surface area is 167 Å². The molecular weight excluding hydrogens is 381 g/mol. The second kappa shape index (κ2) is 7.75. The predicted octanol–water partition coefficient (Wildman–Crippen LogP) is 5.30. The number of halogens is 2. The van der Waals surface area contributed by atoms with E-state index >= 15 is 0 Å². The first-order chi connectivity index (χ1) is 13.1. The Hall–Kier alpha value is -2.30. The molecule has 0 saturated carbocycles. The van der Waals surface area contributed by atoms with Crippen molar-refractivity contribution in [2.75, 3.05) is 18.0 Å². The van der Waals surface area contributed by atoms with Crippen molar-refractivity contribution in [2.45, 2.75) is 19.3 Å². The maximum atomic E-state index is 12.3. The summed E-state index contributed by atoms with van der Waals surface area (Å²) in [6.45, 7) is 2.23. The third kappa shape index (κ3) is 4.02. The quantitative estimate of drug-likeness (QED) is 0.649. The summed E-state index contributed by atoms with van der Waals surface area (Å²) in [5.41, 5.74) is 2.49. The van der Waals surface area contributed by atoms with E-state index in [1.165, 1.54) is 24.9 Å². The molecule has 0 radical (unpaired) electrons. The van der Waals surface area contributed by atoms with Crippen LogP contribution in [-0.2, 0) is 0 Å². The molecule has 1 aromatic heterocycles. The number of anilines is 1. The second-order valence-electron chi connectivity index (χ2n) is 6.71. The maximum absolute atomic E-state index is 12.3. The highest BCUT2D eigenvalue weighted by Crippen LogP contribution is 2.24. The standard InChI is InChI=1S/C21H19Cl2N3O/c22-15-6-9-19-17(13-15)21(27)25-20(24-19)18(23)12-14-4-7-16(8-5-14)26-10-2-1-3-11-26/h4-9,12-13H,1-3,10-11H2,(H,24,25,27)/b18-12-. The highest BCUT2D eigenvalue weighted by molar-refractivity contribution is 6.50. The van der Waals surface area contributed by atoms with E-state index in [4.69, 9.17) is 23.2 Å². The monoisotopic (exact) mass is 399 g/mol. The lowest BCUT2D eigenvalue weighted by molar-refractivity contribution is 0.578. The Morgan fingerprint density at radius 1 is 1.07 bits per heavy atom. The van der Waals surface area contributed by atoms with E-state index in [0.29, 0.717) is 26.8 Å². The fourth-order valence-electron chi connectivity index (χ4n) is 3.37. The van der Waals surface area contributed by atoms with E-state index in [0.717, 1.165) is 18.7 Å². The van der Waals surface area contributed by atoms with E-state index in [2.05, 4.69) is 27.0 Å². The van der Waals surface area contributed by atoms with Gasteiger partial charge in [0.2, 0.25) is 0 Å². The van der Waals surface area contributed by atoms with E-state index in [9.17, 15) is 4.79 Å². The van der Waals surface area contributed by atoms with Crippen LogP contribution in [0.2, 0.25) is 5.02 Å². The van der Waals surface area contributed by atoms with Gasteiger partial charge in [0.1, 0.15) is 0 Å². The summed E-state index contributed by atoms with van der Waals surface area (Å²) in [6.07, 6.45) is 5.62. The van der Waals surface area contributed by atoms with Crippen LogP contribution in [-0.4, -0.2) is 23.1 Å². The van der Waals surface area contributed by atoms with Crippen molar-refractivity contribution in [2.24, 2.45) is 0 Å². The number of benzene rings is 2. The molecule has 0 unspecified atom stereocenters. The molecular formula is C21H19Cl2N3O. The number of nitrogens with one attached hydrogen (secondary N) is 1. The van der Waals surface area contributed by atoms with Gasteiger partial charge in [0, 0.05) is 23.8 Å². The Morgan fingerprint density at radius 3 is 2.56 bits per heavy atom. The summed E-state index contributed by atoms with van der Waals surface area (Å²) >= 11 is 12.4. The third-order valence-corrected chi connectivity index (χ3v) is 5.32. The van der Waals surface area contributed by atoms with Crippen LogP contribution in [0.5, 0.6) is 0 Å². The van der Waals surface area contributed by atoms with Crippen LogP contribution in [0.3, 0.4) is 0 Å². The molecule has 27 heavy (non-hydrogen) atoms. The van der Waals surface area contributed by atoms with Crippen LogP contribution < -0.4 is 10.5 Å². The zero-order valence-electron chi connectivity index (χ0n) is 14.7. The SMILES string of the molecule is O=c1[nH]c(/C(Cl)=C/c2ccc(N3CCCCC3)cc2)nc2ccc(Cl)cc12. The first-order valence-electron chi connectivity index (χ1n) is 9.02. The van der Waals surface area contributed by atoms with Gasteiger partial charge in [-0.15, -0.1) is 0 Å². The van der Waals surface area contributed by atoms with Gasteiger partial charge in [-0.3, -0.25) is 4.79 Å². The van der Waals surface area contributed by atoms with Crippen molar-refractivity contribution in [3.8, 4) is 0 Å². The van der Waals surface area contributed by atoms with E-state index < -0.39 is 0 Å². The first-order valence-corrected chi connectivity index (χ1v) is 9.78. The molecule has 4 nitrogen and oxygen atoms in total. The minimum atomic E-state index is -0.260. The normalized spacial score (nSPS) is 15.3. The van der Waals surface area contributed by atoms with Gasteiger partial charge < -0.3 is 9.88 Å². The highest BCUT2D eigenvalue weighted by atomic mass is 35.5. The zero-order chi connectivity index (χ0) is 18.8. The summed E-state index contributed by atoms with van der Waals surface area (Å²) < 4.78 is 0. The van der Waals surface area contributed by atoms with Gasteiger partial charge in [0.05, 0.1) is 15.9 Å². The first kappa shape index (κ1) is 18.1. The van der Waals surface area contributed by atoms with Gasteiger partial charge in [0.25, 0.3) is 5.56 Å². The van der Waals surface area contributed by atoms with E-state index in [1.807, 2.05) is 18.2 Å². The lowest BCUT2D eigenvalue weighted by Crippen LogP contribution is -2.29. The van der Waals surface area contributed by atoms with Crippen LogP contribution in [0, 0.1) is 0 Å². The van der Waals surface area contributed by atoms with Gasteiger partial charge in [-0.25, -0.2) is 4.98 Å². The van der Waals surface area contributed by atoms with Crippen molar-refractivity contribution in [1.82, 2.24) is 9.97 Å². The Morgan fingerprint density at radius 2 is 1.81 bits per heavy atom. The number of piperidine rings is 1. The average molecular weight is 400 g/mol. The molecule has 0 atom stereocenters. The summed E-state index contributed by atoms with van der Waals surface area (Å²) in [5, 5.41) is 1.33. The Bertz CT molecular complexity index is 1050. The molecule has 0 amide bonds. The number of nitrogens with zero attached hydrogens (tertiary/aromatic N) is 2. The molecule has 138 valence electrons. The molecule has 1 aliphatic rings. The summed E-state index contributed by atoms with van der Waals surface area (Å²) in [4.78, 5) is 21.9. The van der Waals surface area contributed by atoms with Crippen molar-refractivity contribution in [1.29, 1.82) is 0 Å². The molecule has 1 fully saturated rings. The minimum Gasteiger partial charge on any atom is -0.372 e. The molecule has 1 aliphatic heterocycles. The largest absolute Gasteiger partial charge is 0.372 e. The summed E-state index contributed by atoms with van der Waals surface area (Å²) in [5.74, 6) is 0.344. The molecule has 1 saturated heterocycles. The number of H-pyrrole nitrogens is 1. The molecule has 3 aromatic rings. The van der Waals surface area contributed by atoms with Crippen molar-refractivity contribution in [3.63, 3.8) is 0 Å². The maximum Gasteiger partial charge on any atom is 0.259 e. The number of fused-ring (bicyclic) bond motifs is 1. The van der Waals surface area contributed by atoms with Crippen molar-refractivity contribution < 1.29 is 0 Å². The van der Waals surface area contributed by atoms with Gasteiger partial charge in [-0.1, -0.05) is 35.3 Å². The van der Waals surface area contributed by atoms with Crippen molar-refractivity contribution >= 4 is 50.9 Å². The van der Waals surface area contributed by atoms with Crippen LogP contribution in [0.25, 0.3) is 22.0 Å². The topological polar surface area (TPSA) is 49.0 Å². The van der Waals surface area contributed by atoms with Crippen LogP contribution >= 0.6 is 23.2 Å². The molecule has 0 bridgehead atoms. The fourth-order valence-corrected chi connectivity index (χ4v) is 3.76. The smallest absolute Gasteiger partial charge is 0.259 e. The lowest BCUT2D eigenvalue weighted by Gasteiger charge is -2.28. The Balaban J connectivity index is 1.61. The van der Waals surface area contributed by atoms with Gasteiger partial charge in [-0.05, 0) is 61.2 Å². The molecule has 6 heteroatoms. The average Bonchev–Trinajstić information content (AvgIpc) is 2.69. The highest BCUT2D eigenvalue weighted by Gasteiger charge is 2.11. The molecule has 2 heterocycles. The van der Waals surface area contributed by atoms with Gasteiger partial charge >= 0.3 is 0 Å². The summed E-state index contributed by atoms with van der Waals surface area (Å²) in [6, 6.07) is 13.3.